The lowest BCUT2D eigenvalue weighted by molar-refractivity contribution is -0.141. The van der Waals surface area contributed by atoms with Gasteiger partial charge < -0.3 is 10.0 Å². The van der Waals surface area contributed by atoms with E-state index in [-0.39, 0.29) is 23.4 Å². The SMILES string of the molecule is CC[C@@H](O)C(=O)N1CC2(CC2)C(NS(C)(=O)=O)C1Cc1cccc(-c2ccccc2)c1. The fourth-order valence-corrected chi connectivity index (χ4v) is 5.66. The van der Waals surface area contributed by atoms with E-state index in [0.29, 0.717) is 19.4 Å². The number of aliphatic hydroxyl groups is 1. The highest BCUT2D eigenvalue weighted by Gasteiger charge is 2.61. The number of rotatable bonds is 7. The van der Waals surface area contributed by atoms with Crippen LogP contribution >= 0.6 is 0 Å². The summed E-state index contributed by atoms with van der Waals surface area (Å²) in [6, 6.07) is 17.5. The van der Waals surface area contributed by atoms with Gasteiger partial charge >= 0.3 is 0 Å². The molecule has 1 saturated carbocycles. The van der Waals surface area contributed by atoms with Crippen molar-refractivity contribution in [2.75, 3.05) is 12.8 Å². The van der Waals surface area contributed by atoms with Crippen LogP contribution in [0.3, 0.4) is 0 Å². The zero-order valence-electron chi connectivity index (χ0n) is 18.0. The van der Waals surface area contributed by atoms with E-state index in [1.807, 2.05) is 36.4 Å². The molecule has 1 aliphatic heterocycles. The number of benzene rings is 2. The number of hydrogen-bond acceptors (Lipinski definition) is 4. The van der Waals surface area contributed by atoms with Gasteiger partial charge in [0.1, 0.15) is 6.10 Å². The molecular formula is C24H30N2O4S. The summed E-state index contributed by atoms with van der Waals surface area (Å²) in [7, 11) is -3.44. The van der Waals surface area contributed by atoms with Gasteiger partial charge in [0, 0.05) is 18.0 Å². The van der Waals surface area contributed by atoms with Crippen LogP contribution in [0, 0.1) is 5.41 Å². The van der Waals surface area contributed by atoms with Crippen LogP contribution in [0.15, 0.2) is 54.6 Å². The molecule has 0 bridgehead atoms. The summed E-state index contributed by atoms with van der Waals surface area (Å²) in [6.07, 6.45) is 2.73. The van der Waals surface area contributed by atoms with Crippen LogP contribution in [0.1, 0.15) is 31.7 Å². The van der Waals surface area contributed by atoms with Crippen molar-refractivity contribution in [3.63, 3.8) is 0 Å². The molecule has 2 aromatic carbocycles. The van der Waals surface area contributed by atoms with Gasteiger partial charge in [-0.05, 0) is 42.4 Å². The Labute approximate surface area is 184 Å². The van der Waals surface area contributed by atoms with Gasteiger partial charge in [-0.1, -0.05) is 61.5 Å². The summed E-state index contributed by atoms with van der Waals surface area (Å²) in [6.45, 7) is 2.26. The summed E-state index contributed by atoms with van der Waals surface area (Å²) >= 11 is 0. The number of likely N-dealkylation sites (tertiary alicyclic amines) is 1. The number of aliphatic hydroxyl groups excluding tert-OH is 1. The lowest BCUT2D eigenvalue weighted by Gasteiger charge is -2.30. The van der Waals surface area contributed by atoms with Crippen LogP contribution in [0.4, 0.5) is 0 Å². The molecule has 6 nitrogen and oxygen atoms in total. The number of sulfonamides is 1. The maximum absolute atomic E-state index is 13.0. The van der Waals surface area contributed by atoms with E-state index in [1.54, 1.807) is 11.8 Å². The van der Waals surface area contributed by atoms with Gasteiger partial charge in [0.05, 0.1) is 12.3 Å². The Kier molecular flexibility index (Phi) is 5.94. The molecule has 1 amide bonds. The fraction of sp³-hybridized carbons (Fsp3) is 0.458. The minimum atomic E-state index is -3.44. The average molecular weight is 443 g/mol. The molecule has 1 heterocycles. The van der Waals surface area contributed by atoms with Crippen molar-refractivity contribution >= 4 is 15.9 Å². The minimum Gasteiger partial charge on any atom is -0.383 e. The van der Waals surface area contributed by atoms with E-state index in [4.69, 9.17) is 0 Å². The number of nitrogens with one attached hydrogen (secondary N) is 1. The molecule has 7 heteroatoms. The summed E-state index contributed by atoms with van der Waals surface area (Å²) in [5.41, 5.74) is 2.99. The van der Waals surface area contributed by atoms with Crippen molar-refractivity contribution in [3.05, 3.63) is 60.2 Å². The first-order chi connectivity index (χ1) is 14.7. The predicted molar refractivity (Wildman–Crippen MR) is 121 cm³/mol. The Balaban J connectivity index is 1.67. The summed E-state index contributed by atoms with van der Waals surface area (Å²) in [5, 5.41) is 10.2. The Morgan fingerprint density at radius 1 is 1.16 bits per heavy atom. The van der Waals surface area contributed by atoms with Crippen LogP contribution in [-0.2, 0) is 21.2 Å². The number of hydrogen-bond donors (Lipinski definition) is 2. The van der Waals surface area contributed by atoms with Crippen LogP contribution in [0.25, 0.3) is 11.1 Å². The topological polar surface area (TPSA) is 86.7 Å². The minimum absolute atomic E-state index is 0.228. The first kappa shape index (κ1) is 22.0. The molecular weight excluding hydrogens is 412 g/mol. The summed E-state index contributed by atoms with van der Waals surface area (Å²) in [5.74, 6) is -0.309. The smallest absolute Gasteiger partial charge is 0.251 e. The van der Waals surface area contributed by atoms with E-state index in [0.717, 1.165) is 29.5 Å². The fourth-order valence-electron chi connectivity index (χ4n) is 4.79. The van der Waals surface area contributed by atoms with Gasteiger partial charge in [-0.15, -0.1) is 0 Å². The van der Waals surface area contributed by atoms with Crippen molar-refractivity contribution in [1.82, 2.24) is 9.62 Å². The van der Waals surface area contributed by atoms with Crippen LogP contribution in [0.5, 0.6) is 0 Å². The lowest BCUT2D eigenvalue weighted by Crippen LogP contribution is -2.51. The molecule has 2 fully saturated rings. The zero-order valence-corrected chi connectivity index (χ0v) is 18.8. The zero-order chi connectivity index (χ0) is 22.2. The number of carbonyl (C=O) groups excluding carboxylic acids is 1. The van der Waals surface area contributed by atoms with Gasteiger partial charge in [-0.3, -0.25) is 4.79 Å². The Bertz CT molecular complexity index is 1050. The van der Waals surface area contributed by atoms with Gasteiger partial charge in [0.2, 0.25) is 10.0 Å². The van der Waals surface area contributed by atoms with Crippen LogP contribution < -0.4 is 4.72 Å². The summed E-state index contributed by atoms with van der Waals surface area (Å²) in [4.78, 5) is 14.7. The van der Waals surface area contributed by atoms with Crippen molar-refractivity contribution in [1.29, 1.82) is 0 Å². The lowest BCUT2D eigenvalue weighted by atomic mass is 9.91. The van der Waals surface area contributed by atoms with E-state index >= 15 is 0 Å². The number of carbonyl (C=O) groups is 1. The number of nitrogens with zero attached hydrogens (tertiary/aromatic N) is 1. The number of amides is 1. The average Bonchev–Trinajstić information content (AvgIpc) is 3.48. The monoisotopic (exact) mass is 442 g/mol. The standard InChI is InChI=1S/C24H30N2O4S/c1-3-21(27)23(28)26-16-24(12-13-24)22(25-31(2,29)30)20(26)15-17-8-7-11-19(14-17)18-9-5-4-6-10-18/h4-11,14,20-22,25,27H,3,12-13,15-16H2,1-2H3/t20?,21-,22?/m1/s1. The first-order valence-electron chi connectivity index (χ1n) is 10.8. The largest absolute Gasteiger partial charge is 0.383 e. The third-order valence-corrected chi connectivity index (χ3v) is 7.28. The normalized spacial score (nSPS) is 23.1. The van der Waals surface area contributed by atoms with Crippen LogP contribution in [0.2, 0.25) is 0 Å². The molecule has 0 radical (unpaired) electrons. The third kappa shape index (κ3) is 4.68. The molecule has 2 N–H and O–H groups in total. The Morgan fingerprint density at radius 3 is 2.45 bits per heavy atom. The predicted octanol–water partition coefficient (Wildman–Crippen LogP) is 2.58. The van der Waals surface area contributed by atoms with Crippen LogP contribution in [-0.4, -0.2) is 55.3 Å². The molecule has 4 rings (SSSR count). The first-order valence-corrected chi connectivity index (χ1v) is 12.7. The van der Waals surface area contributed by atoms with Crippen molar-refractivity contribution in [3.8, 4) is 11.1 Å². The molecule has 2 aliphatic rings. The second-order valence-electron chi connectivity index (χ2n) is 8.96. The highest BCUT2D eigenvalue weighted by molar-refractivity contribution is 7.88. The highest BCUT2D eigenvalue weighted by Crippen LogP contribution is 2.55. The van der Waals surface area contributed by atoms with E-state index < -0.39 is 16.1 Å². The molecule has 3 atom stereocenters. The second kappa shape index (κ2) is 8.37. The molecule has 0 aromatic heterocycles. The van der Waals surface area contributed by atoms with E-state index in [9.17, 15) is 18.3 Å². The van der Waals surface area contributed by atoms with Gasteiger partial charge in [0.25, 0.3) is 5.91 Å². The van der Waals surface area contributed by atoms with Crippen molar-refractivity contribution in [2.45, 2.75) is 50.8 Å². The Hall–Kier alpha value is -2.22. The molecule has 1 spiro atoms. The van der Waals surface area contributed by atoms with E-state index in [1.165, 1.54) is 6.26 Å². The molecule has 166 valence electrons. The van der Waals surface area contributed by atoms with Gasteiger partial charge in [0.15, 0.2) is 0 Å². The quantitative estimate of drug-likeness (QED) is 0.690. The Morgan fingerprint density at radius 2 is 1.84 bits per heavy atom. The molecule has 1 saturated heterocycles. The molecule has 1 aliphatic carbocycles. The molecule has 2 aromatic rings. The van der Waals surface area contributed by atoms with Crippen molar-refractivity contribution in [2.24, 2.45) is 5.41 Å². The molecule has 2 unspecified atom stereocenters. The maximum Gasteiger partial charge on any atom is 0.251 e. The third-order valence-electron chi connectivity index (χ3n) is 6.60. The second-order valence-corrected chi connectivity index (χ2v) is 10.7. The maximum atomic E-state index is 13.0. The molecule has 31 heavy (non-hydrogen) atoms. The highest BCUT2D eigenvalue weighted by atomic mass is 32.2. The van der Waals surface area contributed by atoms with Crippen molar-refractivity contribution < 1.29 is 18.3 Å². The summed E-state index contributed by atoms with van der Waals surface area (Å²) < 4.78 is 27.1. The van der Waals surface area contributed by atoms with E-state index in [2.05, 4.69) is 22.9 Å². The van der Waals surface area contributed by atoms with Gasteiger partial charge in [-0.25, -0.2) is 13.1 Å². The van der Waals surface area contributed by atoms with Gasteiger partial charge in [-0.2, -0.15) is 0 Å².